The monoisotopic (exact) mass is 245 g/mol. The maximum Gasteiger partial charge on any atom is 0.241 e. The summed E-state index contributed by atoms with van der Waals surface area (Å²) in [5.41, 5.74) is 7.42. The van der Waals surface area contributed by atoms with E-state index in [9.17, 15) is 9.18 Å². The van der Waals surface area contributed by atoms with Gasteiger partial charge in [0.1, 0.15) is 5.82 Å². The second kappa shape index (κ2) is 4.83. The van der Waals surface area contributed by atoms with Crippen LogP contribution in [0.2, 0.25) is 0 Å². The molecule has 0 fully saturated rings. The molecule has 0 saturated heterocycles. The van der Waals surface area contributed by atoms with Gasteiger partial charge in [0.15, 0.2) is 0 Å². The van der Waals surface area contributed by atoms with Crippen LogP contribution in [0.15, 0.2) is 36.5 Å². The Morgan fingerprint density at radius 1 is 1.39 bits per heavy atom. The van der Waals surface area contributed by atoms with E-state index in [1.54, 1.807) is 36.1 Å². The van der Waals surface area contributed by atoms with E-state index in [0.29, 0.717) is 0 Å². The Hall–Kier alpha value is -2.43. The summed E-state index contributed by atoms with van der Waals surface area (Å²) in [6.07, 6.45) is 4.48. The predicted octanol–water partition coefficient (Wildman–Crippen LogP) is 1.72. The van der Waals surface area contributed by atoms with Crippen LogP contribution in [0.3, 0.4) is 0 Å². The molecule has 5 heteroatoms. The topological polar surface area (TPSA) is 60.9 Å². The number of benzene rings is 1. The number of amides is 1. The van der Waals surface area contributed by atoms with Crippen molar-refractivity contribution in [2.24, 2.45) is 12.8 Å². The maximum absolute atomic E-state index is 12.9. The molecule has 0 atom stereocenters. The first-order valence-electron chi connectivity index (χ1n) is 5.33. The SMILES string of the molecule is Cn1ncc(/C=C/C(N)=O)c1-c1ccc(F)cc1. The van der Waals surface area contributed by atoms with Gasteiger partial charge in [0.25, 0.3) is 0 Å². The van der Waals surface area contributed by atoms with Crippen LogP contribution >= 0.6 is 0 Å². The van der Waals surface area contributed by atoms with Gasteiger partial charge in [-0.25, -0.2) is 4.39 Å². The Bertz CT molecular complexity index is 599. The first-order valence-corrected chi connectivity index (χ1v) is 5.33. The smallest absolute Gasteiger partial charge is 0.241 e. The van der Waals surface area contributed by atoms with E-state index in [0.717, 1.165) is 16.8 Å². The van der Waals surface area contributed by atoms with E-state index in [4.69, 9.17) is 5.73 Å². The molecule has 1 amide bonds. The Labute approximate surface area is 104 Å². The fraction of sp³-hybridized carbons (Fsp3) is 0.0769. The number of hydrogen-bond acceptors (Lipinski definition) is 2. The van der Waals surface area contributed by atoms with Crippen molar-refractivity contribution in [3.8, 4) is 11.3 Å². The van der Waals surface area contributed by atoms with Gasteiger partial charge >= 0.3 is 0 Å². The van der Waals surface area contributed by atoms with Crippen molar-refractivity contribution in [1.82, 2.24) is 9.78 Å². The minimum Gasteiger partial charge on any atom is -0.366 e. The van der Waals surface area contributed by atoms with Crippen LogP contribution in [0.25, 0.3) is 17.3 Å². The average Bonchev–Trinajstić information content (AvgIpc) is 2.69. The molecule has 0 spiro atoms. The zero-order valence-corrected chi connectivity index (χ0v) is 9.80. The summed E-state index contributed by atoms with van der Waals surface area (Å²) in [5.74, 6) is -0.820. The van der Waals surface area contributed by atoms with Crippen LogP contribution in [-0.4, -0.2) is 15.7 Å². The Balaban J connectivity index is 2.46. The van der Waals surface area contributed by atoms with Crippen molar-refractivity contribution in [2.75, 3.05) is 0 Å². The van der Waals surface area contributed by atoms with Gasteiger partial charge in [-0.1, -0.05) is 0 Å². The molecule has 0 saturated carbocycles. The number of carbonyl (C=O) groups excluding carboxylic acids is 1. The van der Waals surface area contributed by atoms with Gasteiger partial charge in [0, 0.05) is 24.3 Å². The van der Waals surface area contributed by atoms with E-state index in [1.807, 2.05) is 0 Å². The van der Waals surface area contributed by atoms with Gasteiger partial charge < -0.3 is 5.73 Å². The molecule has 18 heavy (non-hydrogen) atoms. The number of halogens is 1. The number of hydrogen-bond donors (Lipinski definition) is 1. The fourth-order valence-corrected chi connectivity index (χ4v) is 1.71. The highest BCUT2D eigenvalue weighted by Crippen LogP contribution is 2.24. The molecule has 1 heterocycles. The fourth-order valence-electron chi connectivity index (χ4n) is 1.71. The number of rotatable bonds is 3. The lowest BCUT2D eigenvalue weighted by molar-refractivity contribution is -0.113. The van der Waals surface area contributed by atoms with Gasteiger partial charge in [-0.3, -0.25) is 9.48 Å². The highest BCUT2D eigenvalue weighted by molar-refractivity contribution is 5.91. The molecule has 0 aliphatic carbocycles. The summed E-state index contributed by atoms with van der Waals surface area (Å²) in [6.45, 7) is 0. The number of aryl methyl sites for hydroxylation is 1. The number of nitrogens with two attached hydrogens (primary N) is 1. The summed E-state index contributed by atoms with van der Waals surface area (Å²) in [7, 11) is 1.78. The molecule has 2 rings (SSSR count). The van der Waals surface area contributed by atoms with Gasteiger partial charge in [-0.2, -0.15) is 5.10 Å². The third-order valence-corrected chi connectivity index (χ3v) is 2.51. The van der Waals surface area contributed by atoms with E-state index in [2.05, 4.69) is 5.10 Å². The molecular formula is C13H12FN3O. The zero-order valence-electron chi connectivity index (χ0n) is 9.80. The van der Waals surface area contributed by atoms with Crippen molar-refractivity contribution >= 4 is 12.0 Å². The zero-order chi connectivity index (χ0) is 13.1. The van der Waals surface area contributed by atoms with Crippen molar-refractivity contribution < 1.29 is 9.18 Å². The van der Waals surface area contributed by atoms with E-state index in [1.165, 1.54) is 18.2 Å². The molecule has 0 bridgehead atoms. The highest BCUT2D eigenvalue weighted by Gasteiger charge is 2.08. The summed E-state index contributed by atoms with van der Waals surface area (Å²) < 4.78 is 14.5. The minimum atomic E-state index is -0.524. The first-order chi connectivity index (χ1) is 8.58. The number of aromatic nitrogens is 2. The molecule has 1 aromatic heterocycles. The Morgan fingerprint density at radius 3 is 2.67 bits per heavy atom. The standard InChI is InChI=1S/C13H12FN3O/c1-17-13(9-2-5-11(14)6-3-9)10(8-16-17)4-7-12(15)18/h2-8H,1H3,(H2,15,18)/b7-4+. The van der Waals surface area contributed by atoms with Crippen molar-refractivity contribution in [1.29, 1.82) is 0 Å². The summed E-state index contributed by atoms with van der Waals surface area (Å²) >= 11 is 0. The van der Waals surface area contributed by atoms with Crippen LogP contribution in [0, 0.1) is 5.82 Å². The number of carbonyl (C=O) groups is 1. The van der Waals surface area contributed by atoms with E-state index in [-0.39, 0.29) is 5.82 Å². The molecule has 0 aliphatic rings. The van der Waals surface area contributed by atoms with Crippen LogP contribution < -0.4 is 5.73 Å². The summed E-state index contributed by atoms with van der Waals surface area (Å²) in [6, 6.07) is 6.08. The molecule has 4 nitrogen and oxygen atoms in total. The van der Waals surface area contributed by atoms with Crippen LogP contribution in [0.5, 0.6) is 0 Å². The first kappa shape index (κ1) is 12.0. The van der Waals surface area contributed by atoms with Crippen LogP contribution in [0.1, 0.15) is 5.56 Å². The average molecular weight is 245 g/mol. The molecule has 0 aliphatic heterocycles. The quantitative estimate of drug-likeness (QED) is 0.837. The third-order valence-electron chi connectivity index (χ3n) is 2.51. The second-order valence-electron chi connectivity index (χ2n) is 3.81. The van der Waals surface area contributed by atoms with Crippen molar-refractivity contribution in [3.05, 3.63) is 47.9 Å². The molecule has 2 N–H and O–H groups in total. The Morgan fingerprint density at radius 2 is 2.06 bits per heavy atom. The molecule has 1 aromatic carbocycles. The lowest BCUT2D eigenvalue weighted by Gasteiger charge is -2.04. The van der Waals surface area contributed by atoms with Crippen LogP contribution in [0.4, 0.5) is 4.39 Å². The summed E-state index contributed by atoms with van der Waals surface area (Å²) in [4.78, 5) is 10.7. The third kappa shape index (κ3) is 2.45. The molecular weight excluding hydrogens is 233 g/mol. The number of nitrogens with zero attached hydrogens (tertiary/aromatic N) is 2. The van der Waals surface area contributed by atoms with Gasteiger partial charge in [-0.15, -0.1) is 0 Å². The summed E-state index contributed by atoms with van der Waals surface area (Å²) in [5, 5.41) is 4.11. The lowest BCUT2D eigenvalue weighted by Crippen LogP contribution is -2.05. The number of primary amides is 1. The molecule has 0 unspecified atom stereocenters. The van der Waals surface area contributed by atoms with E-state index >= 15 is 0 Å². The highest BCUT2D eigenvalue weighted by atomic mass is 19.1. The van der Waals surface area contributed by atoms with Gasteiger partial charge in [0.05, 0.1) is 11.9 Å². The Kier molecular flexibility index (Phi) is 3.23. The molecule has 92 valence electrons. The minimum absolute atomic E-state index is 0.296. The normalized spacial score (nSPS) is 11.0. The second-order valence-corrected chi connectivity index (χ2v) is 3.81. The van der Waals surface area contributed by atoms with E-state index < -0.39 is 5.91 Å². The predicted molar refractivity (Wildman–Crippen MR) is 66.8 cm³/mol. The molecule has 0 radical (unpaired) electrons. The van der Waals surface area contributed by atoms with Gasteiger partial charge in [-0.05, 0) is 30.3 Å². The maximum atomic E-state index is 12.9. The largest absolute Gasteiger partial charge is 0.366 e. The van der Waals surface area contributed by atoms with Crippen LogP contribution in [-0.2, 0) is 11.8 Å². The lowest BCUT2D eigenvalue weighted by atomic mass is 10.1. The molecule has 2 aromatic rings. The van der Waals surface area contributed by atoms with Crippen molar-refractivity contribution in [2.45, 2.75) is 0 Å². The van der Waals surface area contributed by atoms with Crippen molar-refractivity contribution in [3.63, 3.8) is 0 Å². The van der Waals surface area contributed by atoms with Gasteiger partial charge in [0.2, 0.25) is 5.91 Å².